The number of rotatable bonds is 6. The summed E-state index contributed by atoms with van der Waals surface area (Å²) in [5, 5.41) is 3.80. The molecule has 0 unspecified atom stereocenters. The quantitative estimate of drug-likeness (QED) is 0.247. The van der Waals surface area contributed by atoms with Crippen LogP contribution in [0.4, 0.5) is 5.82 Å². The van der Waals surface area contributed by atoms with Crippen molar-refractivity contribution in [3.8, 4) is 0 Å². The van der Waals surface area contributed by atoms with Crippen LogP contribution in [0.2, 0.25) is 0 Å². The van der Waals surface area contributed by atoms with E-state index in [0.29, 0.717) is 31.1 Å². The topological polar surface area (TPSA) is 98.8 Å². The minimum atomic E-state index is 0.291. The molecule has 2 aromatic heterocycles. The van der Waals surface area contributed by atoms with E-state index in [1.54, 1.807) is 6.26 Å². The smallest absolute Gasteiger partial charge is 0.197 e. The number of aromatic nitrogens is 2. The average Bonchev–Trinajstić information content (AvgIpc) is 3.20. The van der Waals surface area contributed by atoms with Crippen LogP contribution >= 0.6 is 0 Å². The van der Waals surface area contributed by atoms with Crippen LogP contribution in [0.25, 0.3) is 0 Å². The van der Waals surface area contributed by atoms with Gasteiger partial charge in [0.1, 0.15) is 18.6 Å². The van der Waals surface area contributed by atoms with Gasteiger partial charge in [-0.15, -0.1) is 9.36 Å². The number of amidine groups is 1. The molecule has 0 spiro atoms. The van der Waals surface area contributed by atoms with Gasteiger partial charge in [0.2, 0.25) is 0 Å². The van der Waals surface area contributed by atoms with Crippen molar-refractivity contribution in [1.29, 1.82) is 0 Å². The summed E-state index contributed by atoms with van der Waals surface area (Å²) in [6, 6.07) is 3.99. The van der Waals surface area contributed by atoms with Crippen LogP contribution in [0.5, 0.6) is 0 Å². The van der Waals surface area contributed by atoms with Crippen molar-refractivity contribution in [2.75, 3.05) is 24.6 Å². The molecule has 0 amide bonds. The highest BCUT2D eigenvalue weighted by Gasteiger charge is 2.25. The number of anilines is 1. The number of hydrogen-bond acceptors (Lipinski definition) is 5. The zero-order valence-corrected chi connectivity index (χ0v) is 12.6. The van der Waals surface area contributed by atoms with Gasteiger partial charge in [-0.3, -0.25) is 0 Å². The molecule has 0 radical (unpaired) electrons. The van der Waals surface area contributed by atoms with Crippen LogP contribution in [0.15, 0.2) is 34.2 Å². The average molecular weight is 305 g/mol. The minimum absolute atomic E-state index is 0.291. The first kappa shape index (κ1) is 14.5. The van der Waals surface area contributed by atoms with E-state index in [-0.39, 0.29) is 0 Å². The molecule has 0 bridgehead atoms. The van der Waals surface area contributed by atoms with E-state index in [4.69, 9.17) is 20.7 Å². The number of hydrogen-bond donors (Lipinski definition) is 2. The number of fused-ring (bicyclic) bond motifs is 1. The summed E-state index contributed by atoms with van der Waals surface area (Å²) in [6.07, 6.45) is 3.64. The molecule has 4 N–H and O–H groups in total. The van der Waals surface area contributed by atoms with Crippen LogP contribution in [-0.2, 0) is 25.0 Å². The Hall–Kier alpha value is -2.48. The van der Waals surface area contributed by atoms with Gasteiger partial charge in [0.05, 0.1) is 24.7 Å². The first-order valence-electron chi connectivity index (χ1n) is 7.22. The Balaban J connectivity index is 1.66. The van der Waals surface area contributed by atoms with Gasteiger partial charge in [-0.25, -0.2) is 0 Å². The molecule has 8 nitrogen and oxygen atoms in total. The highest BCUT2D eigenvalue weighted by molar-refractivity contribution is 5.96. The molecule has 0 fully saturated rings. The molecular weight excluding hydrogens is 284 g/mol. The van der Waals surface area contributed by atoms with Crippen molar-refractivity contribution in [2.45, 2.75) is 13.1 Å². The molecular formula is C14H21N6O2+. The molecule has 118 valence electrons. The van der Waals surface area contributed by atoms with Gasteiger partial charge < -0.3 is 25.6 Å². The van der Waals surface area contributed by atoms with E-state index < -0.39 is 0 Å². The second kappa shape index (κ2) is 6.10. The lowest BCUT2D eigenvalue weighted by molar-refractivity contribution is -0.751. The fraction of sp³-hybridized carbons (Fsp3) is 0.429. The molecule has 0 aromatic carbocycles. The Morgan fingerprint density at radius 2 is 2.36 bits per heavy atom. The molecule has 22 heavy (non-hydrogen) atoms. The van der Waals surface area contributed by atoms with Crippen molar-refractivity contribution in [2.24, 2.45) is 23.7 Å². The van der Waals surface area contributed by atoms with E-state index in [2.05, 4.69) is 31.7 Å². The van der Waals surface area contributed by atoms with Gasteiger partial charge in [-0.1, -0.05) is 5.16 Å². The lowest BCUT2D eigenvalue weighted by atomic mass is 10.3. The zero-order chi connectivity index (χ0) is 15.5. The third kappa shape index (κ3) is 2.77. The molecule has 3 heterocycles. The third-order valence-corrected chi connectivity index (χ3v) is 3.66. The Bertz CT molecular complexity index is 675. The van der Waals surface area contributed by atoms with E-state index in [0.717, 1.165) is 18.8 Å². The highest BCUT2D eigenvalue weighted by atomic mass is 16.6. The van der Waals surface area contributed by atoms with Crippen molar-refractivity contribution in [3.05, 3.63) is 35.9 Å². The summed E-state index contributed by atoms with van der Waals surface area (Å²) in [5.41, 5.74) is 11.9. The predicted molar refractivity (Wildman–Crippen MR) is 81.1 cm³/mol. The van der Waals surface area contributed by atoms with Crippen molar-refractivity contribution < 1.29 is 13.9 Å². The molecule has 0 saturated carbocycles. The Labute approximate surface area is 128 Å². The fourth-order valence-electron chi connectivity index (χ4n) is 2.54. The van der Waals surface area contributed by atoms with Gasteiger partial charge in [0.25, 0.3) is 0 Å². The summed E-state index contributed by atoms with van der Waals surface area (Å²) >= 11 is 0. The Morgan fingerprint density at radius 3 is 3.18 bits per heavy atom. The molecule has 8 heteroatoms. The summed E-state index contributed by atoms with van der Waals surface area (Å²) < 4.78 is 9.89. The SMILES string of the molecule is C[n+]1ccc2n1CCN2Cc1cc(C(N)=NOCCN)co1. The van der Waals surface area contributed by atoms with Crippen LogP contribution < -0.4 is 21.0 Å². The maximum Gasteiger partial charge on any atom is 0.197 e. The Kier molecular flexibility index (Phi) is 4.01. The summed E-state index contributed by atoms with van der Waals surface area (Å²) in [5.74, 6) is 2.32. The van der Waals surface area contributed by atoms with Crippen LogP contribution in [-0.4, -0.2) is 30.2 Å². The van der Waals surface area contributed by atoms with Crippen LogP contribution in [0.1, 0.15) is 11.3 Å². The van der Waals surface area contributed by atoms with Crippen molar-refractivity contribution in [1.82, 2.24) is 4.68 Å². The molecule has 1 aliphatic heterocycles. The third-order valence-electron chi connectivity index (χ3n) is 3.66. The normalized spacial score (nSPS) is 14.5. The van der Waals surface area contributed by atoms with E-state index in [1.807, 2.05) is 13.1 Å². The molecule has 2 aromatic rings. The van der Waals surface area contributed by atoms with E-state index in [9.17, 15) is 0 Å². The lowest BCUT2D eigenvalue weighted by Crippen LogP contribution is -2.37. The molecule has 0 saturated heterocycles. The first-order chi connectivity index (χ1) is 10.7. The summed E-state index contributed by atoms with van der Waals surface area (Å²) in [4.78, 5) is 7.24. The molecule has 0 atom stereocenters. The van der Waals surface area contributed by atoms with Crippen molar-refractivity contribution in [3.63, 3.8) is 0 Å². The van der Waals surface area contributed by atoms with E-state index >= 15 is 0 Å². The van der Waals surface area contributed by atoms with Gasteiger partial charge in [0, 0.05) is 13.1 Å². The number of furan rings is 1. The predicted octanol–water partition coefficient (Wildman–Crippen LogP) is -0.479. The zero-order valence-electron chi connectivity index (χ0n) is 12.6. The lowest BCUT2D eigenvalue weighted by Gasteiger charge is -2.13. The number of aryl methyl sites for hydroxylation is 1. The summed E-state index contributed by atoms with van der Waals surface area (Å²) in [6.45, 7) is 3.37. The van der Waals surface area contributed by atoms with Gasteiger partial charge in [-0.05, 0) is 6.07 Å². The second-order valence-electron chi connectivity index (χ2n) is 5.19. The van der Waals surface area contributed by atoms with Crippen LogP contribution in [0.3, 0.4) is 0 Å². The monoisotopic (exact) mass is 305 g/mol. The van der Waals surface area contributed by atoms with Gasteiger partial charge >= 0.3 is 0 Å². The standard InChI is InChI=1S/C14H21N6O2/c1-18-4-2-13-19(5-6-20(13)18)9-12-8-11(10-21-12)14(16)17-22-7-3-15/h2,4,8,10H,3,5-7,9,15H2,1H3,(H2,16,17)/q+1. The summed E-state index contributed by atoms with van der Waals surface area (Å²) in [7, 11) is 2.04. The largest absolute Gasteiger partial charge is 0.467 e. The Morgan fingerprint density at radius 1 is 1.50 bits per heavy atom. The molecule has 0 aliphatic carbocycles. The highest BCUT2D eigenvalue weighted by Crippen LogP contribution is 2.22. The van der Waals surface area contributed by atoms with Gasteiger partial charge in [0.15, 0.2) is 24.9 Å². The number of nitrogens with two attached hydrogens (primary N) is 2. The second-order valence-corrected chi connectivity index (χ2v) is 5.19. The number of nitrogens with zero attached hydrogens (tertiary/aromatic N) is 4. The molecule has 3 rings (SSSR count). The first-order valence-corrected chi connectivity index (χ1v) is 7.22. The minimum Gasteiger partial charge on any atom is -0.467 e. The van der Waals surface area contributed by atoms with E-state index in [1.165, 1.54) is 5.82 Å². The fourth-order valence-corrected chi connectivity index (χ4v) is 2.54. The van der Waals surface area contributed by atoms with Crippen LogP contribution in [0, 0.1) is 0 Å². The maximum absolute atomic E-state index is 5.84. The van der Waals surface area contributed by atoms with Crippen molar-refractivity contribution >= 4 is 11.7 Å². The van der Waals surface area contributed by atoms with Gasteiger partial charge in [-0.2, -0.15) is 0 Å². The maximum atomic E-state index is 5.84. The molecule has 1 aliphatic rings. The number of oxime groups is 1.